The largest absolute Gasteiger partial charge is 0.308 e. The van der Waals surface area contributed by atoms with Crippen molar-refractivity contribution < 1.29 is 4.39 Å². The van der Waals surface area contributed by atoms with Gasteiger partial charge in [0, 0.05) is 11.8 Å². The molecule has 76 valence electrons. The Kier molecular flexibility index (Phi) is 2.74. The first kappa shape index (κ1) is 10.9. The SMILES string of the molecule is Cc1ccc(F)c(C=N)c1C(C)(C)C. The lowest BCUT2D eigenvalue weighted by molar-refractivity contribution is 0.566. The summed E-state index contributed by atoms with van der Waals surface area (Å²) in [5.41, 5.74) is 2.25. The third kappa shape index (κ3) is 1.84. The van der Waals surface area contributed by atoms with E-state index in [1.54, 1.807) is 6.07 Å². The van der Waals surface area contributed by atoms with Gasteiger partial charge in [0.25, 0.3) is 0 Å². The first-order valence-electron chi connectivity index (χ1n) is 4.68. The van der Waals surface area contributed by atoms with E-state index >= 15 is 0 Å². The van der Waals surface area contributed by atoms with Crippen molar-refractivity contribution in [3.05, 3.63) is 34.6 Å². The molecule has 0 aliphatic heterocycles. The molecule has 1 N–H and O–H groups in total. The van der Waals surface area contributed by atoms with Gasteiger partial charge in [0.15, 0.2) is 0 Å². The minimum atomic E-state index is -0.310. The normalized spacial score (nSPS) is 11.5. The smallest absolute Gasteiger partial charge is 0.132 e. The second kappa shape index (κ2) is 3.52. The number of benzene rings is 1. The lowest BCUT2D eigenvalue weighted by Gasteiger charge is -2.24. The summed E-state index contributed by atoms with van der Waals surface area (Å²) in [6.45, 7) is 8.04. The molecule has 14 heavy (non-hydrogen) atoms. The Morgan fingerprint density at radius 3 is 2.21 bits per heavy atom. The Morgan fingerprint density at radius 1 is 1.29 bits per heavy atom. The van der Waals surface area contributed by atoms with E-state index in [0.29, 0.717) is 5.56 Å². The van der Waals surface area contributed by atoms with E-state index in [1.165, 1.54) is 6.07 Å². The number of hydrogen-bond acceptors (Lipinski definition) is 1. The topological polar surface area (TPSA) is 23.9 Å². The summed E-state index contributed by atoms with van der Waals surface area (Å²) in [5.74, 6) is -0.310. The summed E-state index contributed by atoms with van der Waals surface area (Å²) in [6.07, 6.45) is 1.10. The van der Waals surface area contributed by atoms with Gasteiger partial charge in [-0.25, -0.2) is 4.39 Å². The Bertz CT molecular complexity index is 361. The van der Waals surface area contributed by atoms with Crippen molar-refractivity contribution in [1.82, 2.24) is 0 Å². The molecule has 0 amide bonds. The maximum atomic E-state index is 13.4. The van der Waals surface area contributed by atoms with E-state index in [2.05, 4.69) is 0 Å². The van der Waals surface area contributed by atoms with Crippen molar-refractivity contribution in [1.29, 1.82) is 5.41 Å². The average Bonchev–Trinajstić information content (AvgIpc) is 2.06. The highest BCUT2D eigenvalue weighted by molar-refractivity contribution is 5.81. The van der Waals surface area contributed by atoms with Gasteiger partial charge in [0.2, 0.25) is 0 Å². The maximum Gasteiger partial charge on any atom is 0.132 e. The number of rotatable bonds is 1. The molecule has 1 aromatic carbocycles. The predicted octanol–water partition coefficient (Wildman–Crippen LogP) is 3.43. The third-order valence-corrected chi connectivity index (χ3v) is 2.29. The number of aryl methyl sites for hydroxylation is 1. The zero-order valence-corrected chi connectivity index (χ0v) is 9.11. The van der Waals surface area contributed by atoms with E-state index in [9.17, 15) is 4.39 Å². The van der Waals surface area contributed by atoms with Crippen molar-refractivity contribution in [2.45, 2.75) is 33.1 Å². The number of halogens is 1. The average molecular weight is 193 g/mol. The highest BCUT2D eigenvalue weighted by Gasteiger charge is 2.21. The minimum absolute atomic E-state index is 0.126. The van der Waals surface area contributed by atoms with Crippen LogP contribution in [0, 0.1) is 18.2 Å². The Balaban J connectivity index is 3.53. The quantitative estimate of drug-likeness (QED) is 0.661. The van der Waals surface area contributed by atoms with Gasteiger partial charge in [-0.15, -0.1) is 0 Å². The molecular weight excluding hydrogens is 177 g/mol. The van der Waals surface area contributed by atoms with Crippen LogP contribution in [0.3, 0.4) is 0 Å². The molecule has 0 aromatic heterocycles. The van der Waals surface area contributed by atoms with Crippen LogP contribution in [0.4, 0.5) is 4.39 Å². The molecule has 1 rings (SSSR count). The van der Waals surface area contributed by atoms with Crippen LogP contribution in [0.15, 0.2) is 12.1 Å². The molecule has 0 heterocycles. The van der Waals surface area contributed by atoms with Crippen LogP contribution < -0.4 is 0 Å². The molecular formula is C12H16FN. The van der Waals surface area contributed by atoms with Gasteiger partial charge in [0.1, 0.15) is 5.82 Å². The van der Waals surface area contributed by atoms with Crippen LogP contribution in [0.25, 0.3) is 0 Å². The monoisotopic (exact) mass is 193 g/mol. The second-order valence-corrected chi connectivity index (χ2v) is 4.55. The van der Waals surface area contributed by atoms with Gasteiger partial charge < -0.3 is 5.41 Å². The predicted molar refractivity (Wildman–Crippen MR) is 57.7 cm³/mol. The summed E-state index contributed by atoms with van der Waals surface area (Å²) < 4.78 is 13.4. The zero-order valence-electron chi connectivity index (χ0n) is 9.11. The van der Waals surface area contributed by atoms with Gasteiger partial charge in [-0.1, -0.05) is 26.8 Å². The fourth-order valence-corrected chi connectivity index (χ4v) is 1.84. The van der Waals surface area contributed by atoms with Crippen molar-refractivity contribution in [2.24, 2.45) is 0 Å². The fraction of sp³-hybridized carbons (Fsp3) is 0.417. The molecule has 2 heteroatoms. The summed E-state index contributed by atoms with van der Waals surface area (Å²) in [6, 6.07) is 3.19. The van der Waals surface area contributed by atoms with E-state index in [1.807, 2.05) is 27.7 Å². The van der Waals surface area contributed by atoms with Crippen molar-refractivity contribution in [2.75, 3.05) is 0 Å². The number of hydrogen-bond donors (Lipinski definition) is 1. The molecule has 0 radical (unpaired) electrons. The van der Waals surface area contributed by atoms with Gasteiger partial charge in [-0.3, -0.25) is 0 Å². The first-order valence-corrected chi connectivity index (χ1v) is 4.68. The van der Waals surface area contributed by atoms with Crippen LogP contribution in [-0.2, 0) is 5.41 Å². The Labute approximate surface area is 84.5 Å². The third-order valence-electron chi connectivity index (χ3n) is 2.29. The Hall–Kier alpha value is -1.18. The highest BCUT2D eigenvalue weighted by Crippen LogP contribution is 2.29. The van der Waals surface area contributed by atoms with Crippen LogP contribution in [0.2, 0.25) is 0 Å². The van der Waals surface area contributed by atoms with Crippen molar-refractivity contribution in [3.63, 3.8) is 0 Å². The zero-order chi connectivity index (χ0) is 10.9. The summed E-state index contributed by atoms with van der Waals surface area (Å²) in [4.78, 5) is 0. The highest BCUT2D eigenvalue weighted by atomic mass is 19.1. The number of nitrogens with one attached hydrogen (secondary N) is 1. The molecule has 0 bridgehead atoms. The summed E-state index contributed by atoms with van der Waals surface area (Å²) >= 11 is 0. The van der Waals surface area contributed by atoms with Crippen LogP contribution in [-0.4, -0.2) is 6.21 Å². The van der Waals surface area contributed by atoms with E-state index in [-0.39, 0.29) is 11.2 Å². The lowest BCUT2D eigenvalue weighted by Crippen LogP contribution is -2.17. The summed E-state index contributed by atoms with van der Waals surface area (Å²) in [7, 11) is 0. The van der Waals surface area contributed by atoms with E-state index in [0.717, 1.165) is 17.3 Å². The molecule has 0 saturated carbocycles. The molecule has 0 atom stereocenters. The molecule has 0 aliphatic carbocycles. The second-order valence-electron chi connectivity index (χ2n) is 4.55. The Morgan fingerprint density at radius 2 is 1.86 bits per heavy atom. The standard InChI is InChI=1S/C12H16FN/c1-8-5-6-10(13)9(7-14)11(8)12(2,3)4/h5-7,14H,1-4H3. The molecule has 0 saturated heterocycles. The van der Waals surface area contributed by atoms with Crippen molar-refractivity contribution in [3.8, 4) is 0 Å². The summed E-state index contributed by atoms with van der Waals surface area (Å²) in [5, 5.41) is 7.24. The van der Waals surface area contributed by atoms with Gasteiger partial charge in [-0.05, 0) is 29.5 Å². The maximum absolute atomic E-state index is 13.4. The van der Waals surface area contributed by atoms with Gasteiger partial charge in [-0.2, -0.15) is 0 Å². The molecule has 0 spiro atoms. The fourth-order valence-electron chi connectivity index (χ4n) is 1.84. The molecule has 0 fully saturated rings. The molecule has 1 nitrogen and oxygen atoms in total. The van der Waals surface area contributed by atoms with Crippen molar-refractivity contribution >= 4 is 6.21 Å². The van der Waals surface area contributed by atoms with Gasteiger partial charge in [0.05, 0.1) is 0 Å². The van der Waals surface area contributed by atoms with E-state index < -0.39 is 0 Å². The molecule has 0 aliphatic rings. The van der Waals surface area contributed by atoms with E-state index in [4.69, 9.17) is 5.41 Å². The van der Waals surface area contributed by atoms with Crippen LogP contribution in [0.1, 0.15) is 37.5 Å². The first-order chi connectivity index (χ1) is 6.38. The molecule has 1 aromatic rings. The van der Waals surface area contributed by atoms with Crippen LogP contribution >= 0.6 is 0 Å². The van der Waals surface area contributed by atoms with Crippen LogP contribution in [0.5, 0.6) is 0 Å². The minimum Gasteiger partial charge on any atom is -0.308 e. The lowest BCUT2D eigenvalue weighted by atomic mass is 9.81. The molecule has 0 unspecified atom stereocenters. The van der Waals surface area contributed by atoms with Gasteiger partial charge >= 0.3 is 0 Å².